The summed E-state index contributed by atoms with van der Waals surface area (Å²) in [6.07, 6.45) is 4.88. The van der Waals surface area contributed by atoms with Gasteiger partial charge in [0.15, 0.2) is 0 Å². The molecule has 1 aliphatic rings. The second kappa shape index (κ2) is 4.18. The van der Waals surface area contributed by atoms with Crippen molar-refractivity contribution in [2.24, 2.45) is 11.7 Å². The minimum atomic E-state index is 0.328. The van der Waals surface area contributed by atoms with Gasteiger partial charge in [0, 0.05) is 6.04 Å². The molecule has 12 heavy (non-hydrogen) atoms. The Hall–Kier alpha value is -0.160. The summed E-state index contributed by atoms with van der Waals surface area (Å²) in [7, 11) is 4.18. The minimum Gasteiger partial charge on any atom is -0.305 e. The third-order valence-corrected chi connectivity index (χ3v) is 2.74. The maximum atomic E-state index is 5.58. The predicted octanol–water partition coefficient (Wildman–Crippen LogP) is -0.0914. The van der Waals surface area contributed by atoms with E-state index in [0.29, 0.717) is 12.1 Å². The Kier molecular flexibility index (Phi) is 3.46. The smallest absolute Gasteiger partial charge is 0.0550 e. The highest BCUT2D eigenvalue weighted by Crippen LogP contribution is 2.23. The standard InChI is InChI=1S/C8H20N4/c1-11(2)7-5-3-4-6-8(7)12(9)10/h7-8H,3-6,9-10H2,1-2H3/t7-,8-/m1/s1. The second-order valence-corrected chi connectivity index (χ2v) is 3.83. The highest BCUT2D eigenvalue weighted by molar-refractivity contribution is 4.84. The highest BCUT2D eigenvalue weighted by Gasteiger charge is 2.28. The lowest BCUT2D eigenvalue weighted by molar-refractivity contribution is 0.0739. The van der Waals surface area contributed by atoms with Gasteiger partial charge >= 0.3 is 0 Å². The molecule has 0 aromatic carbocycles. The topological polar surface area (TPSA) is 58.5 Å². The fraction of sp³-hybridized carbons (Fsp3) is 1.00. The number of nitrogens with two attached hydrogens (primary N) is 2. The Morgan fingerprint density at radius 3 is 1.83 bits per heavy atom. The first-order valence-electron chi connectivity index (χ1n) is 4.58. The van der Waals surface area contributed by atoms with Crippen LogP contribution in [0, 0.1) is 0 Å². The monoisotopic (exact) mass is 172 g/mol. The average molecular weight is 172 g/mol. The number of likely N-dealkylation sites (N-methyl/N-ethyl adjacent to an activating group) is 1. The lowest BCUT2D eigenvalue weighted by Crippen LogP contribution is -2.57. The molecule has 0 radical (unpaired) electrons. The van der Waals surface area contributed by atoms with E-state index in [1.807, 2.05) is 0 Å². The van der Waals surface area contributed by atoms with Crippen molar-refractivity contribution in [2.75, 3.05) is 14.1 Å². The van der Waals surface area contributed by atoms with Crippen molar-refractivity contribution < 1.29 is 0 Å². The van der Waals surface area contributed by atoms with Crippen LogP contribution in [0.2, 0.25) is 0 Å². The van der Waals surface area contributed by atoms with Gasteiger partial charge in [-0.25, -0.2) is 0 Å². The van der Waals surface area contributed by atoms with Gasteiger partial charge in [0.1, 0.15) is 0 Å². The molecular weight excluding hydrogens is 152 g/mol. The first-order valence-corrected chi connectivity index (χ1v) is 4.58. The van der Waals surface area contributed by atoms with Crippen LogP contribution in [0.25, 0.3) is 0 Å². The summed E-state index contributed by atoms with van der Waals surface area (Å²) in [4.78, 5) is 2.22. The molecule has 1 fully saturated rings. The molecule has 0 spiro atoms. The SMILES string of the molecule is CN(C)[C@@H]1CCCC[C@H]1N(N)N. The Morgan fingerprint density at radius 2 is 1.50 bits per heavy atom. The van der Waals surface area contributed by atoms with Crippen LogP contribution < -0.4 is 11.7 Å². The molecule has 4 heteroatoms. The van der Waals surface area contributed by atoms with E-state index in [2.05, 4.69) is 19.0 Å². The van der Waals surface area contributed by atoms with E-state index in [1.54, 1.807) is 0 Å². The lowest BCUT2D eigenvalue weighted by Gasteiger charge is -2.38. The molecule has 0 aliphatic heterocycles. The van der Waals surface area contributed by atoms with Gasteiger partial charge in [0.05, 0.1) is 6.04 Å². The summed E-state index contributed by atoms with van der Waals surface area (Å²) < 4.78 is 0. The first-order chi connectivity index (χ1) is 5.63. The third kappa shape index (κ3) is 2.17. The fourth-order valence-corrected chi connectivity index (χ4v) is 2.04. The predicted molar refractivity (Wildman–Crippen MR) is 49.9 cm³/mol. The molecule has 4 nitrogen and oxygen atoms in total. The summed E-state index contributed by atoms with van der Waals surface area (Å²) in [6.45, 7) is 0. The van der Waals surface area contributed by atoms with Crippen molar-refractivity contribution in [3.63, 3.8) is 0 Å². The minimum absolute atomic E-state index is 0.328. The van der Waals surface area contributed by atoms with Crippen molar-refractivity contribution in [2.45, 2.75) is 37.8 Å². The lowest BCUT2D eigenvalue weighted by atomic mass is 9.90. The van der Waals surface area contributed by atoms with Gasteiger partial charge in [0.2, 0.25) is 0 Å². The van der Waals surface area contributed by atoms with Crippen LogP contribution in [0.1, 0.15) is 25.7 Å². The molecule has 0 bridgehead atoms. The van der Waals surface area contributed by atoms with E-state index >= 15 is 0 Å². The van der Waals surface area contributed by atoms with E-state index < -0.39 is 0 Å². The number of hydrogen-bond acceptors (Lipinski definition) is 4. The molecule has 2 atom stereocenters. The Bertz CT molecular complexity index is 119. The number of rotatable bonds is 2. The summed E-state index contributed by atoms with van der Waals surface area (Å²) in [5, 5.41) is 1.38. The molecule has 0 aromatic heterocycles. The van der Waals surface area contributed by atoms with Crippen LogP contribution >= 0.6 is 0 Å². The molecule has 1 rings (SSSR count). The van der Waals surface area contributed by atoms with Crippen molar-refractivity contribution in [3.8, 4) is 0 Å². The highest BCUT2D eigenvalue weighted by atomic mass is 15.6. The molecule has 0 unspecified atom stereocenters. The van der Waals surface area contributed by atoms with Crippen LogP contribution in [0.15, 0.2) is 0 Å². The van der Waals surface area contributed by atoms with Gasteiger partial charge in [0.25, 0.3) is 0 Å². The molecular formula is C8H20N4. The fourth-order valence-electron chi connectivity index (χ4n) is 2.04. The maximum Gasteiger partial charge on any atom is 0.0550 e. The zero-order valence-corrected chi connectivity index (χ0v) is 8.03. The molecule has 1 saturated carbocycles. The van der Waals surface area contributed by atoms with Crippen LogP contribution in [-0.2, 0) is 0 Å². The van der Waals surface area contributed by atoms with Gasteiger partial charge in [-0.2, -0.15) is 5.12 Å². The van der Waals surface area contributed by atoms with Gasteiger partial charge in [-0.1, -0.05) is 12.8 Å². The molecule has 0 saturated heterocycles. The van der Waals surface area contributed by atoms with E-state index in [-0.39, 0.29) is 0 Å². The van der Waals surface area contributed by atoms with Gasteiger partial charge in [-0.05, 0) is 26.9 Å². The third-order valence-electron chi connectivity index (χ3n) is 2.74. The zero-order valence-electron chi connectivity index (χ0n) is 8.03. The van der Waals surface area contributed by atoms with Crippen LogP contribution in [0.5, 0.6) is 0 Å². The Balaban J connectivity index is 2.54. The second-order valence-electron chi connectivity index (χ2n) is 3.83. The summed E-state index contributed by atoms with van der Waals surface area (Å²) in [5.74, 6) is 11.2. The van der Waals surface area contributed by atoms with Crippen molar-refractivity contribution in [1.82, 2.24) is 10.0 Å². The zero-order chi connectivity index (χ0) is 9.14. The Morgan fingerprint density at radius 1 is 1.00 bits per heavy atom. The molecule has 72 valence electrons. The molecule has 0 amide bonds. The summed E-state index contributed by atoms with van der Waals surface area (Å²) >= 11 is 0. The molecule has 0 heterocycles. The number of hydrazine groups is 2. The van der Waals surface area contributed by atoms with Gasteiger partial charge < -0.3 is 4.90 Å². The maximum absolute atomic E-state index is 5.58. The van der Waals surface area contributed by atoms with Crippen LogP contribution in [0.4, 0.5) is 0 Å². The number of hydrogen-bond donors (Lipinski definition) is 2. The van der Waals surface area contributed by atoms with E-state index in [4.69, 9.17) is 11.7 Å². The van der Waals surface area contributed by atoms with E-state index in [0.717, 1.165) is 6.42 Å². The number of nitrogens with zero attached hydrogens (tertiary/aromatic N) is 2. The molecule has 0 aromatic rings. The van der Waals surface area contributed by atoms with Crippen molar-refractivity contribution in [1.29, 1.82) is 0 Å². The van der Waals surface area contributed by atoms with Crippen molar-refractivity contribution in [3.05, 3.63) is 0 Å². The first kappa shape index (κ1) is 9.92. The van der Waals surface area contributed by atoms with E-state index in [9.17, 15) is 0 Å². The summed E-state index contributed by atoms with van der Waals surface area (Å²) in [5.41, 5.74) is 0. The van der Waals surface area contributed by atoms with E-state index in [1.165, 1.54) is 24.4 Å². The van der Waals surface area contributed by atoms with Gasteiger partial charge in [-0.3, -0.25) is 11.7 Å². The normalized spacial score (nSPS) is 31.5. The average Bonchev–Trinajstić information content (AvgIpc) is 2.04. The quantitative estimate of drug-likeness (QED) is 0.451. The molecule has 1 aliphatic carbocycles. The summed E-state index contributed by atoms with van der Waals surface area (Å²) in [6, 6.07) is 0.850. The van der Waals surface area contributed by atoms with Crippen molar-refractivity contribution >= 4 is 0 Å². The van der Waals surface area contributed by atoms with Crippen LogP contribution in [-0.4, -0.2) is 36.2 Å². The Labute approximate surface area is 74.4 Å². The van der Waals surface area contributed by atoms with Gasteiger partial charge in [-0.15, -0.1) is 0 Å². The van der Waals surface area contributed by atoms with Crippen LogP contribution in [0.3, 0.4) is 0 Å². The molecule has 4 N–H and O–H groups in total. The largest absolute Gasteiger partial charge is 0.305 e.